The molecule has 0 unspecified atom stereocenters. The average molecular weight is 361 g/mol. The summed E-state index contributed by atoms with van der Waals surface area (Å²) in [5, 5.41) is 2.72. The summed E-state index contributed by atoms with van der Waals surface area (Å²) in [6.45, 7) is 3.77. The first kappa shape index (κ1) is 17.0. The van der Waals surface area contributed by atoms with Crippen molar-refractivity contribution in [1.82, 2.24) is 24.9 Å². The lowest BCUT2D eigenvalue weighted by atomic mass is 10.2. The SMILES string of the molecule is Cc1nc(NC(=O)c2ccc(N3CCCC3)nc2)nc(-c2ccccn2)n1. The van der Waals surface area contributed by atoms with Crippen LogP contribution in [0, 0.1) is 6.92 Å². The molecule has 1 amide bonds. The summed E-state index contributed by atoms with van der Waals surface area (Å²) in [6, 6.07) is 9.12. The van der Waals surface area contributed by atoms with Gasteiger partial charge in [-0.25, -0.2) is 9.97 Å². The average Bonchev–Trinajstić information content (AvgIpc) is 3.23. The maximum absolute atomic E-state index is 12.5. The smallest absolute Gasteiger partial charge is 0.259 e. The fourth-order valence-electron chi connectivity index (χ4n) is 2.97. The van der Waals surface area contributed by atoms with E-state index in [1.807, 2.05) is 18.2 Å². The Morgan fingerprint density at radius 3 is 2.59 bits per heavy atom. The van der Waals surface area contributed by atoms with Gasteiger partial charge in [0.1, 0.15) is 17.3 Å². The molecule has 4 heterocycles. The predicted molar refractivity (Wildman–Crippen MR) is 101 cm³/mol. The van der Waals surface area contributed by atoms with Crippen molar-refractivity contribution in [3.63, 3.8) is 0 Å². The third kappa shape index (κ3) is 3.89. The summed E-state index contributed by atoms with van der Waals surface area (Å²) in [5.41, 5.74) is 1.07. The van der Waals surface area contributed by atoms with Gasteiger partial charge >= 0.3 is 0 Å². The van der Waals surface area contributed by atoms with Gasteiger partial charge in [0.15, 0.2) is 5.82 Å². The van der Waals surface area contributed by atoms with Crippen molar-refractivity contribution >= 4 is 17.7 Å². The Bertz CT molecular complexity index is 938. The second kappa shape index (κ2) is 7.45. The highest BCUT2D eigenvalue weighted by atomic mass is 16.1. The van der Waals surface area contributed by atoms with Crippen LogP contribution < -0.4 is 10.2 Å². The molecule has 1 aliphatic heterocycles. The summed E-state index contributed by atoms with van der Waals surface area (Å²) in [5.74, 6) is 1.70. The Morgan fingerprint density at radius 2 is 1.89 bits per heavy atom. The monoisotopic (exact) mass is 361 g/mol. The topological polar surface area (TPSA) is 96.8 Å². The zero-order chi connectivity index (χ0) is 18.6. The van der Waals surface area contributed by atoms with Crippen molar-refractivity contribution in [2.24, 2.45) is 0 Å². The zero-order valence-electron chi connectivity index (χ0n) is 15.0. The molecular weight excluding hydrogens is 342 g/mol. The normalized spacial score (nSPS) is 13.6. The third-order valence-electron chi connectivity index (χ3n) is 4.31. The van der Waals surface area contributed by atoms with E-state index in [1.165, 1.54) is 12.8 Å². The molecule has 1 aliphatic rings. The molecule has 1 N–H and O–H groups in total. The molecule has 3 aromatic heterocycles. The third-order valence-corrected chi connectivity index (χ3v) is 4.31. The molecule has 8 nitrogen and oxygen atoms in total. The van der Waals surface area contributed by atoms with Gasteiger partial charge in [-0.2, -0.15) is 9.97 Å². The summed E-state index contributed by atoms with van der Waals surface area (Å²) in [4.78, 5) is 36.2. The Morgan fingerprint density at radius 1 is 1.04 bits per heavy atom. The Kier molecular flexibility index (Phi) is 4.69. The Balaban J connectivity index is 1.51. The van der Waals surface area contributed by atoms with E-state index in [2.05, 4.69) is 35.1 Å². The van der Waals surface area contributed by atoms with E-state index in [0.717, 1.165) is 18.9 Å². The second-order valence-electron chi connectivity index (χ2n) is 6.30. The number of nitrogens with zero attached hydrogens (tertiary/aromatic N) is 6. The van der Waals surface area contributed by atoms with E-state index in [-0.39, 0.29) is 11.9 Å². The largest absolute Gasteiger partial charge is 0.357 e. The van der Waals surface area contributed by atoms with Crippen molar-refractivity contribution in [2.75, 3.05) is 23.3 Å². The van der Waals surface area contributed by atoms with E-state index in [4.69, 9.17) is 0 Å². The van der Waals surface area contributed by atoms with Crippen molar-refractivity contribution in [3.8, 4) is 11.5 Å². The van der Waals surface area contributed by atoms with Crippen molar-refractivity contribution in [1.29, 1.82) is 0 Å². The van der Waals surface area contributed by atoms with E-state index in [9.17, 15) is 4.79 Å². The highest BCUT2D eigenvalue weighted by Crippen LogP contribution is 2.18. The van der Waals surface area contributed by atoms with E-state index >= 15 is 0 Å². The van der Waals surface area contributed by atoms with Gasteiger partial charge in [-0.3, -0.25) is 15.1 Å². The van der Waals surface area contributed by atoms with Crippen LogP contribution >= 0.6 is 0 Å². The number of aromatic nitrogens is 5. The van der Waals surface area contributed by atoms with Crippen molar-refractivity contribution < 1.29 is 4.79 Å². The number of amides is 1. The molecule has 0 bridgehead atoms. The lowest BCUT2D eigenvalue weighted by Crippen LogP contribution is -2.20. The summed E-state index contributed by atoms with van der Waals surface area (Å²) in [7, 11) is 0. The first-order valence-corrected chi connectivity index (χ1v) is 8.85. The van der Waals surface area contributed by atoms with Gasteiger partial charge in [-0.1, -0.05) is 6.07 Å². The Hall–Kier alpha value is -3.42. The lowest BCUT2D eigenvalue weighted by Gasteiger charge is -2.16. The highest BCUT2D eigenvalue weighted by molar-refractivity contribution is 6.03. The minimum absolute atomic E-state index is 0.191. The molecule has 0 aromatic carbocycles. The van der Waals surface area contributed by atoms with Crippen LogP contribution in [0.3, 0.4) is 0 Å². The molecular formula is C19H19N7O. The minimum Gasteiger partial charge on any atom is -0.357 e. The molecule has 0 atom stereocenters. The van der Waals surface area contributed by atoms with E-state index in [1.54, 1.807) is 31.5 Å². The molecule has 1 fully saturated rings. The fourth-order valence-corrected chi connectivity index (χ4v) is 2.97. The quantitative estimate of drug-likeness (QED) is 0.762. The lowest BCUT2D eigenvalue weighted by molar-refractivity contribution is 0.102. The molecule has 4 rings (SSSR count). The summed E-state index contributed by atoms with van der Waals surface area (Å²) in [6.07, 6.45) is 5.61. The number of nitrogens with one attached hydrogen (secondary N) is 1. The van der Waals surface area contributed by atoms with Gasteiger partial charge in [-0.15, -0.1) is 0 Å². The number of carbonyl (C=O) groups is 1. The predicted octanol–water partition coefficient (Wildman–Crippen LogP) is 2.49. The van der Waals surface area contributed by atoms with Crippen molar-refractivity contribution in [2.45, 2.75) is 19.8 Å². The number of anilines is 2. The van der Waals surface area contributed by atoms with Crippen LogP contribution in [0.15, 0.2) is 42.7 Å². The maximum atomic E-state index is 12.5. The standard InChI is InChI=1S/C19H19N7O/c1-13-22-17(15-6-2-3-9-20-15)24-19(23-13)25-18(27)14-7-8-16(21-12-14)26-10-4-5-11-26/h2-3,6-9,12H,4-5,10-11H2,1H3,(H,22,23,24,25,27). The van der Waals surface area contributed by atoms with Gasteiger partial charge in [-0.05, 0) is 44.0 Å². The molecule has 136 valence electrons. The summed E-state index contributed by atoms with van der Waals surface area (Å²) >= 11 is 0. The number of hydrogen-bond acceptors (Lipinski definition) is 7. The first-order chi connectivity index (χ1) is 13.2. The number of rotatable bonds is 4. The molecule has 0 radical (unpaired) electrons. The molecule has 1 saturated heterocycles. The van der Waals surface area contributed by atoms with E-state index in [0.29, 0.717) is 22.9 Å². The van der Waals surface area contributed by atoms with Crippen molar-refractivity contribution in [3.05, 3.63) is 54.1 Å². The minimum atomic E-state index is -0.312. The molecule has 8 heteroatoms. The second-order valence-corrected chi connectivity index (χ2v) is 6.30. The van der Waals surface area contributed by atoms with Gasteiger partial charge in [0, 0.05) is 25.5 Å². The van der Waals surface area contributed by atoms with Crippen LogP contribution in [0.5, 0.6) is 0 Å². The molecule has 27 heavy (non-hydrogen) atoms. The van der Waals surface area contributed by atoms with Crippen LogP contribution in [0.1, 0.15) is 29.0 Å². The van der Waals surface area contributed by atoms with E-state index < -0.39 is 0 Å². The molecule has 0 spiro atoms. The van der Waals surface area contributed by atoms with Crippen LogP contribution in [0.25, 0.3) is 11.5 Å². The van der Waals surface area contributed by atoms with Gasteiger partial charge < -0.3 is 4.90 Å². The van der Waals surface area contributed by atoms with Crippen LogP contribution in [0.2, 0.25) is 0 Å². The first-order valence-electron chi connectivity index (χ1n) is 8.85. The van der Waals surface area contributed by atoms with Crippen LogP contribution in [-0.2, 0) is 0 Å². The summed E-state index contributed by atoms with van der Waals surface area (Å²) < 4.78 is 0. The highest BCUT2D eigenvalue weighted by Gasteiger charge is 2.15. The van der Waals surface area contributed by atoms with Gasteiger partial charge in [0.2, 0.25) is 5.95 Å². The van der Waals surface area contributed by atoms with Crippen LogP contribution in [-0.4, -0.2) is 43.9 Å². The number of pyridine rings is 2. The zero-order valence-corrected chi connectivity index (χ0v) is 15.0. The molecule has 0 aliphatic carbocycles. The fraction of sp³-hybridized carbons (Fsp3) is 0.263. The molecule has 3 aromatic rings. The maximum Gasteiger partial charge on any atom is 0.259 e. The number of hydrogen-bond donors (Lipinski definition) is 1. The number of aryl methyl sites for hydroxylation is 1. The number of carbonyl (C=O) groups excluding carboxylic acids is 1. The molecule has 0 saturated carbocycles. The Labute approximate surface area is 156 Å². The van der Waals surface area contributed by atoms with Gasteiger partial charge in [0.25, 0.3) is 5.91 Å². The van der Waals surface area contributed by atoms with Crippen LogP contribution in [0.4, 0.5) is 11.8 Å². The van der Waals surface area contributed by atoms with Gasteiger partial charge in [0.05, 0.1) is 5.56 Å².